The van der Waals surface area contributed by atoms with Crippen LogP contribution < -0.4 is 0 Å². The van der Waals surface area contributed by atoms with Crippen LogP contribution in [0.1, 0.15) is 106 Å². The van der Waals surface area contributed by atoms with E-state index in [4.69, 9.17) is 28.4 Å². The van der Waals surface area contributed by atoms with Gasteiger partial charge in [0.05, 0.1) is 37.9 Å². The molecule has 16 heteroatoms. The number of nitrogens with zero attached hydrogens (tertiary/aromatic N) is 4. The van der Waals surface area contributed by atoms with E-state index in [0.29, 0.717) is 64.7 Å². The number of carbonyl (C=O) groups is 2. The van der Waals surface area contributed by atoms with Gasteiger partial charge in [-0.2, -0.15) is 27.4 Å². The summed E-state index contributed by atoms with van der Waals surface area (Å²) in [7, 11) is -7.10. The predicted octanol–water partition coefficient (Wildman–Crippen LogP) is 5.35. The fourth-order valence-corrected chi connectivity index (χ4v) is 6.46. The molecule has 0 N–H and O–H groups in total. The molecule has 2 aliphatic rings. The van der Waals surface area contributed by atoms with Crippen molar-refractivity contribution in [3.63, 3.8) is 0 Å². The fraction of sp³-hybridized carbons (Fsp3) is 0.875. The van der Waals surface area contributed by atoms with Crippen molar-refractivity contribution in [2.24, 2.45) is 10.8 Å². The van der Waals surface area contributed by atoms with E-state index in [1.807, 2.05) is 20.8 Å². The van der Waals surface area contributed by atoms with E-state index in [2.05, 4.69) is 12.1 Å². The second-order valence-electron chi connectivity index (χ2n) is 14.8. The Bertz CT molecular complexity index is 1280. The maximum Gasteiger partial charge on any atom is 0.410 e. The average molecular weight is 721 g/mol. The molecule has 0 aliphatic carbocycles. The standard InChI is InChI=1S/C16H25N3O2.C16H31NO8S2/c1-15(2,3)21-14(20)19-12-8-16(9-13-19,6-4-10-17)7-5-11-18;1-15(2,3)25-14(18)17-10-6-16(7-11-17,8-12-23-26(4,19)20)9-13-24-27(5,21)22/h4-9,12-13H2,1-3H3;6-13H2,1-5H3. The Morgan fingerprint density at radius 1 is 0.625 bits per heavy atom. The predicted molar refractivity (Wildman–Crippen MR) is 179 cm³/mol. The van der Waals surface area contributed by atoms with Gasteiger partial charge in [0.25, 0.3) is 20.2 Å². The van der Waals surface area contributed by atoms with Crippen LogP contribution in [-0.4, -0.2) is 102 Å². The van der Waals surface area contributed by atoms with Crippen molar-refractivity contribution in [1.82, 2.24) is 9.80 Å². The Labute approximate surface area is 288 Å². The molecule has 2 heterocycles. The van der Waals surface area contributed by atoms with Crippen LogP contribution in [0.25, 0.3) is 0 Å². The minimum Gasteiger partial charge on any atom is -0.444 e. The third-order valence-electron chi connectivity index (χ3n) is 8.35. The van der Waals surface area contributed by atoms with E-state index in [-0.39, 0.29) is 30.1 Å². The third-order valence-corrected chi connectivity index (χ3v) is 9.54. The number of amides is 2. The van der Waals surface area contributed by atoms with E-state index < -0.39 is 37.5 Å². The van der Waals surface area contributed by atoms with Crippen molar-refractivity contribution in [1.29, 1.82) is 10.5 Å². The van der Waals surface area contributed by atoms with Crippen molar-refractivity contribution in [2.45, 2.75) is 117 Å². The molecule has 0 saturated carbocycles. The third kappa shape index (κ3) is 18.2. The quantitative estimate of drug-likeness (QED) is 0.235. The summed E-state index contributed by atoms with van der Waals surface area (Å²) in [5, 5.41) is 17.6. The second-order valence-corrected chi connectivity index (χ2v) is 18.1. The second kappa shape index (κ2) is 18.4. The van der Waals surface area contributed by atoms with Gasteiger partial charge in [-0.05, 0) is 104 Å². The first-order valence-electron chi connectivity index (χ1n) is 16.3. The molecule has 48 heavy (non-hydrogen) atoms. The summed E-state index contributed by atoms with van der Waals surface area (Å²) in [6, 6.07) is 4.39. The van der Waals surface area contributed by atoms with Crippen molar-refractivity contribution < 1.29 is 44.3 Å². The van der Waals surface area contributed by atoms with E-state index >= 15 is 0 Å². The summed E-state index contributed by atoms with van der Waals surface area (Å²) < 4.78 is 65.3. The van der Waals surface area contributed by atoms with Crippen LogP contribution >= 0.6 is 0 Å². The largest absolute Gasteiger partial charge is 0.444 e. The summed E-state index contributed by atoms with van der Waals surface area (Å²) in [6.07, 6.45) is 7.65. The first-order valence-corrected chi connectivity index (χ1v) is 19.9. The van der Waals surface area contributed by atoms with E-state index in [1.54, 1.807) is 30.6 Å². The van der Waals surface area contributed by atoms with Crippen LogP contribution in [0.4, 0.5) is 9.59 Å². The van der Waals surface area contributed by atoms with Gasteiger partial charge in [0.1, 0.15) is 11.2 Å². The van der Waals surface area contributed by atoms with Crippen LogP contribution in [0.2, 0.25) is 0 Å². The topological polar surface area (TPSA) is 193 Å². The average Bonchev–Trinajstić information content (AvgIpc) is 2.93. The van der Waals surface area contributed by atoms with Crippen LogP contribution in [0, 0.1) is 33.5 Å². The SMILES string of the molecule is CC(C)(C)OC(=O)N1CCC(CCC#N)(CCC#N)CC1.CC(C)(C)OC(=O)N1CCC(CCOS(C)(=O)=O)(CCOS(C)(=O)=O)CC1. The Balaban J connectivity index is 0.000000495. The van der Waals surface area contributed by atoms with Gasteiger partial charge in [-0.25, -0.2) is 9.59 Å². The lowest BCUT2D eigenvalue weighted by Gasteiger charge is -2.42. The molecule has 0 aromatic carbocycles. The number of rotatable bonds is 12. The molecule has 2 fully saturated rings. The monoisotopic (exact) mass is 720 g/mol. The number of ether oxygens (including phenoxy) is 2. The fourth-order valence-electron chi connectivity index (χ4n) is 5.69. The lowest BCUT2D eigenvalue weighted by molar-refractivity contribution is 0.00387. The molecular weight excluding hydrogens is 665 g/mol. The molecule has 2 aliphatic heterocycles. The van der Waals surface area contributed by atoms with Crippen molar-refractivity contribution >= 4 is 32.4 Å². The summed E-state index contributed by atoms with van der Waals surface area (Å²) >= 11 is 0. The Morgan fingerprint density at radius 2 is 0.917 bits per heavy atom. The number of likely N-dealkylation sites (tertiary alicyclic amines) is 2. The van der Waals surface area contributed by atoms with E-state index in [9.17, 15) is 26.4 Å². The first kappa shape index (κ1) is 43.4. The Hall–Kier alpha value is -2.66. The Kier molecular flexibility index (Phi) is 16.6. The van der Waals surface area contributed by atoms with Gasteiger partial charge in [-0.15, -0.1) is 0 Å². The highest BCUT2D eigenvalue weighted by molar-refractivity contribution is 7.86. The smallest absolute Gasteiger partial charge is 0.410 e. The number of piperidine rings is 2. The normalized spacial score (nSPS) is 18.0. The molecule has 14 nitrogen and oxygen atoms in total. The number of nitriles is 2. The van der Waals surface area contributed by atoms with E-state index in [1.165, 1.54) is 0 Å². The summed E-state index contributed by atoms with van der Waals surface area (Å²) in [4.78, 5) is 27.6. The molecule has 0 radical (unpaired) electrons. The molecule has 0 aromatic rings. The van der Waals surface area contributed by atoms with Gasteiger partial charge in [0, 0.05) is 39.0 Å². The molecule has 0 atom stereocenters. The highest BCUT2D eigenvalue weighted by Crippen LogP contribution is 2.41. The van der Waals surface area contributed by atoms with Crippen LogP contribution in [0.15, 0.2) is 0 Å². The zero-order valence-corrected chi connectivity index (χ0v) is 31.6. The minimum absolute atomic E-state index is 0.00411. The highest BCUT2D eigenvalue weighted by atomic mass is 32.2. The summed E-state index contributed by atoms with van der Waals surface area (Å²) in [6.45, 7) is 13.1. The molecule has 0 bridgehead atoms. The van der Waals surface area contributed by atoms with Crippen molar-refractivity contribution in [3.05, 3.63) is 0 Å². The van der Waals surface area contributed by atoms with Gasteiger partial charge in [-0.1, -0.05) is 0 Å². The van der Waals surface area contributed by atoms with Gasteiger partial charge in [-0.3, -0.25) is 8.37 Å². The Morgan fingerprint density at radius 3 is 1.17 bits per heavy atom. The molecular formula is C32H56N4O10S2. The van der Waals surface area contributed by atoms with Crippen molar-refractivity contribution in [2.75, 3.05) is 51.9 Å². The van der Waals surface area contributed by atoms with Crippen LogP contribution in [-0.2, 0) is 38.1 Å². The molecule has 2 amide bonds. The van der Waals surface area contributed by atoms with Gasteiger partial charge >= 0.3 is 12.2 Å². The lowest BCUT2D eigenvalue weighted by atomic mass is 9.72. The molecule has 2 rings (SSSR count). The maximum absolute atomic E-state index is 12.2. The number of carbonyl (C=O) groups excluding carboxylic acids is 2. The van der Waals surface area contributed by atoms with Crippen LogP contribution in [0.3, 0.4) is 0 Å². The maximum atomic E-state index is 12.2. The molecule has 0 unspecified atom stereocenters. The zero-order chi connectivity index (χ0) is 36.9. The molecule has 0 aromatic heterocycles. The molecule has 276 valence electrons. The van der Waals surface area contributed by atoms with Crippen LogP contribution in [0.5, 0.6) is 0 Å². The zero-order valence-electron chi connectivity index (χ0n) is 30.0. The summed E-state index contributed by atoms with van der Waals surface area (Å²) in [5.74, 6) is 0. The molecule has 2 saturated heterocycles. The van der Waals surface area contributed by atoms with Gasteiger partial charge < -0.3 is 19.3 Å². The molecule has 0 spiro atoms. The lowest BCUT2D eigenvalue weighted by Crippen LogP contribution is -2.46. The highest BCUT2D eigenvalue weighted by Gasteiger charge is 2.38. The minimum atomic E-state index is -3.55. The number of hydrogen-bond acceptors (Lipinski definition) is 12. The van der Waals surface area contributed by atoms with Gasteiger partial charge in [0.2, 0.25) is 0 Å². The number of hydrogen-bond donors (Lipinski definition) is 0. The van der Waals surface area contributed by atoms with E-state index in [0.717, 1.165) is 38.2 Å². The first-order chi connectivity index (χ1) is 21.9. The van der Waals surface area contributed by atoms with Crippen molar-refractivity contribution in [3.8, 4) is 12.1 Å². The summed E-state index contributed by atoms with van der Waals surface area (Å²) in [5.41, 5.74) is -1.40. The van der Waals surface area contributed by atoms with Gasteiger partial charge in [0.15, 0.2) is 0 Å².